The summed E-state index contributed by atoms with van der Waals surface area (Å²) < 4.78 is 34.9. The van der Waals surface area contributed by atoms with Crippen molar-refractivity contribution in [2.75, 3.05) is 11.5 Å². The molecule has 0 rings (SSSR count). The van der Waals surface area contributed by atoms with Crippen molar-refractivity contribution in [3.05, 3.63) is 0 Å². The van der Waals surface area contributed by atoms with Crippen LogP contribution in [0.2, 0.25) is 0 Å². The van der Waals surface area contributed by atoms with Gasteiger partial charge in [-0.2, -0.15) is 24.9 Å². The first-order valence-corrected chi connectivity index (χ1v) is 4.92. The Labute approximate surface area is 79.1 Å². The first-order valence-electron chi connectivity index (χ1n) is 3.76. The van der Waals surface area contributed by atoms with Crippen LogP contribution in [-0.2, 0) is 4.79 Å². The van der Waals surface area contributed by atoms with Crippen molar-refractivity contribution in [1.29, 1.82) is 0 Å². The highest BCUT2D eigenvalue weighted by molar-refractivity contribution is 7.99. The van der Waals surface area contributed by atoms with Crippen LogP contribution < -0.4 is 5.73 Å². The second kappa shape index (κ2) is 5.36. The third kappa shape index (κ3) is 7.95. The topological polar surface area (TPSA) is 43.1 Å². The van der Waals surface area contributed by atoms with E-state index in [9.17, 15) is 18.0 Å². The van der Waals surface area contributed by atoms with Crippen molar-refractivity contribution in [2.45, 2.75) is 19.5 Å². The molecule has 0 aliphatic carbocycles. The predicted octanol–water partition coefficient (Wildman–Crippen LogP) is 1.79. The van der Waals surface area contributed by atoms with E-state index in [1.807, 2.05) is 0 Å². The van der Waals surface area contributed by atoms with E-state index in [1.165, 1.54) is 0 Å². The van der Waals surface area contributed by atoms with Gasteiger partial charge in [-0.25, -0.2) is 0 Å². The summed E-state index contributed by atoms with van der Waals surface area (Å²) in [5.41, 5.74) is 4.93. The van der Waals surface area contributed by atoms with Crippen LogP contribution in [0.25, 0.3) is 0 Å². The summed E-state index contributed by atoms with van der Waals surface area (Å²) >= 11 is 1.10. The van der Waals surface area contributed by atoms with Crippen LogP contribution in [0.3, 0.4) is 0 Å². The number of halogens is 3. The summed E-state index contributed by atoms with van der Waals surface area (Å²) in [6, 6.07) is 0. The Morgan fingerprint density at radius 2 is 2.08 bits per heavy atom. The molecule has 0 aromatic carbocycles. The molecule has 0 fully saturated rings. The zero-order chi connectivity index (χ0) is 10.5. The third-order valence-corrected chi connectivity index (χ3v) is 2.61. The number of carbonyl (C=O) groups excluding carboxylic acids is 1. The van der Waals surface area contributed by atoms with Gasteiger partial charge in [0.05, 0.1) is 6.42 Å². The molecule has 2 N–H and O–H groups in total. The fourth-order valence-corrected chi connectivity index (χ4v) is 1.59. The van der Waals surface area contributed by atoms with Crippen molar-refractivity contribution in [3.63, 3.8) is 0 Å². The summed E-state index contributed by atoms with van der Waals surface area (Å²) in [7, 11) is 0. The maximum atomic E-state index is 11.6. The molecule has 0 radical (unpaired) electrons. The third-order valence-electron chi connectivity index (χ3n) is 1.38. The number of primary amides is 1. The molecule has 0 bridgehead atoms. The molecule has 0 heterocycles. The van der Waals surface area contributed by atoms with Crippen LogP contribution in [0.4, 0.5) is 13.2 Å². The van der Waals surface area contributed by atoms with Gasteiger partial charge < -0.3 is 5.73 Å². The van der Waals surface area contributed by atoms with Crippen molar-refractivity contribution in [1.82, 2.24) is 0 Å². The minimum atomic E-state index is -4.11. The fourth-order valence-electron chi connectivity index (χ4n) is 0.530. The number of amides is 1. The van der Waals surface area contributed by atoms with E-state index in [0.717, 1.165) is 11.8 Å². The standard InChI is InChI=1S/C7H12F3NOS/c1-5(6(11)12)4-13-3-2-7(8,9)10/h5H,2-4H2,1H3,(H2,11,12). The lowest BCUT2D eigenvalue weighted by molar-refractivity contribution is -0.129. The quantitative estimate of drug-likeness (QED) is 0.710. The number of hydrogen-bond acceptors (Lipinski definition) is 2. The van der Waals surface area contributed by atoms with E-state index in [-0.39, 0.29) is 11.7 Å². The largest absolute Gasteiger partial charge is 0.389 e. The smallest absolute Gasteiger partial charge is 0.369 e. The molecule has 0 spiro atoms. The monoisotopic (exact) mass is 215 g/mol. The van der Waals surface area contributed by atoms with Gasteiger partial charge in [-0.3, -0.25) is 4.79 Å². The Balaban J connectivity index is 3.41. The number of nitrogens with two attached hydrogens (primary N) is 1. The molecule has 0 aromatic heterocycles. The van der Waals surface area contributed by atoms with Gasteiger partial charge in [0, 0.05) is 17.4 Å². The Morgan fingerprint density at radius 1 is 1.54 bits per heavy atom. The molecule has 0 saturated carbocycles. The summed E-state index contributed by atoms with van der Waals surface area (Å²) in [5, 5.41) is 0. The van der Waals surface area contributed by atoms with Crippen LogP contribution in [0.1, 0.15) is 13.3 Å². The lowest BCUT2D eigenvalue weighted by Gasteiger charge is -2.08. The number of alkyl halides is 3. The molecule has 0 saturated heterocycles. The minimum Gasteiger partial charge on any atom is -0.369 e. The molecular formula is C7H12F3NOS. The molecule has 1 amide bonds. The molecule has 13 heavy (non-hydrogen) atoms. The van der Waals surface area contributed by atoms with Crippen molar-refractivity contribution in [3.8, 4) is 0 Å². The van der Waals surface area contributed by atoms with Crippen molar-refractivity contribution < 1.29 is 18.0 Å². The molecule has 2 nitrogen and oxygen atoms in total. The van der Waals surface area contributed by atoms with Gasteiger partial charge in [-0.05, 0) is 0 Å². The van der Waals surface area contributed by atoms with Gasteiger partial charge in [0.1, 0.15) is 0 Å². The molecule has 78 valence electrons. The zero-order valence-corrected chi connectivity index (χ0v) is 8.04. The van der Waals surface area contributed by atoms with E-state index in [4.69, 9.17) is 5.73 Å². The average molecular weight is 215 g/mol. The number of carbonyl (C=O) groups is 1. The SMILES string of the molecule is CC(CSCCC(F)(F)F)C(N)=O. The van der Waals surface area contributed by atoms with E-state index in [0.29, 0.717) is 5.75 Å². The Kier molecular flexibility index (Phi) is 5.20. The fraction of sp³-hybridized carbons (Fsp3) is 0.857. The van der Waals surface area contributed by atoms with Crippen molar-refractivity contribution in [2.24, 2.45) is 11.7 Å². The first-order chi connectivity index (χ1) is 5.83. The normalized spacial score (nSPS) is 14.2. The van der Waals surface area contributed by atoms with E-state index in [2.05, 4.69) is 0 Å². The number of hydrogen-bond donors (Lipinski definition) is 1. The van der Waals surface area contributed by atoms with Gasteiger partial charge in [0.15, 0.2) is 0 Å². The maximum Gasteiger partial charge on any atom is 0.389 e. The van der Waals surface area contributed by atoms with Crippen LogP contribution in [-0.4, -0.2) is 23.6 Å². The average Bonchev–Trinajstić information content (AvgIpc) is 1.95. The molecule has 6 heteroatoms. The molecule has 0 aliphatic rings. The van der Waals surface area contributed by atoms with Crippen LogP contribution in [0.5, 0.6) is 0 Å². The highest BCUT2D eigenvalue weighted by atomic mass is 32.2. The molecule has 0 aliphatic heterocycles. The van der Waals surface area contributed by atoms with Crippen LogP contribution in [0, 0.1) is 5.92 Å². The van der Waals surface area contributed by atoms with E-state index < -0.39 is 18.5 Å². The van der Waals surface area contributed by atoms with Gasteiger partial charge in [-0.1, -0.05) is 6.92 Å². The number of thioether (sulfide) groups is 1. The Bertz CT molecular complexity index is 172. The molecule has 1 unspecified atom stereocenters. The molecular weight excluding hydrogens is 203 g/mol. The summed E-state index contributed by atoms with van der Waals surface area (Å²) in [6.45, 7) is 1.60. The second-order valence-electron chi connectivity index (χ2n) is 2.74. The second-order valence-corrected chi connectivity index (χ2v) is 3.89. The number of rotatable bonds is 5. The maximum absolute atomic E-state index is 11.6. The van der Waals surface area contributed by atoms with Gasteiger partial charge in [-0.15, -0.1) is 0 Å². The van der Waals surface area contributed by atoms with Crippen LogP contribution >= 0.6 is 11.8 Å². The highest BCUT2D eigenvalue weighted by Gasteiger charge is 2.26. The van der Waals surface area contributed by atoms with E-state index >= 15 is 0 Å². The Morgan fingerprint density at radius 3 is 2.46 bits per heavy atom. The Hall–Kier alpha value is -0.390. The van der Waals surface area contributed by atoms with Gasteiger partial charge >= 0.3 is 6.18 Å². The zero-order valence-electron chi connectivity index (χ0n) is 7.23. The van der Waals surface area contributed by atoms with Crippen molar-refractivity contribution >= 4 is 17.7 Å². The highest BCUT2D eigenvalue weighted by Crippen LogP contribution is 2.22. The van der Waals surface area contributed by atoms with E-state index in [1.54, 1.807) is 6.92 Å². The minimum absolute atomic E-state index is 0.0128. The summed E-state index contributed by atoms with van der Waals surface area (Å²) in [6.07, 6.45) is -4.92. The first kappa shape index (κ1) is 12.6. The lowest BCUT2D eigenvalue weighted by Crippen LogP contribution is -2.22. The summed E-state index contributed by atoms with van der Waals surface area (Å²) in [4.78, 5) is 10.5. The van der Waals surface area contributed by atoms with Gasteiger partial charge in [0.25, 0.3) is 0 Å². The molecule has 1 atom stereocenters. The summed E-state index contributed by atoms with van der Waals surface area (Å²) in [5.74, 6) is -0.496. The van der Waals surface area contributed by atoms with Gasteiger partial charge in [0.2, 0.25) is 5.91 Å². The predicted molar refractivity (Wildman–Crippen MR) is 46.4 cm³/mol. The van der Waals surface area contributed by atoms with Crippen LogP contribution in [0.15, 0.2) is 0 Å². The lowest BCUT2D eigenvalue weighted by atomic mass is 10.2. The molecule has 0 aromatic rings.